The second-order valence-electron chi connectivity index (χ2n) is 7.21. The SMILES string of the molecule is Cc1cccc(C)c1NS(=O)(=O)c1cc2c3c(c1)C(C)C(=O)N3CCC2. The van der Waals surface area contributed by atoms with Crippen LogP contribution < -0.4 is 9.62 Å². The number of hydrogen-bond donors (Lipinski definition) is 1. The highest BCUT2D eigenvalue weighted by atomic mass is 32.2. The standard InChI is InChI=1S/C20H22N2O3S/c1-12-6-4-7-13(2)18(12)21-26(24,25)16-10-15-8-5-9-22-19(15)17(11-16)14(3)20(22)23/h4,6-7,10-11,14,21H,5,8-9H2,1-3H3. The van der Waals surface area contributed by atoms with Crippen LogP contribution in [0.15, 0.2) is 35.2 Å². The number of nitrogens with zero attached hydrogens (tertiary/aromatic N) is 1. The van der Waals surface area contributed by atoms with E-state index in [2.05, 4.69) is 4.72 Å². The van der Waals surface area contributed by atoms with E-state index in [0.29, 0.717) is 5.69 Å². The van der Waals surface area contributed by atoms with Gasteiger partial charge in [-0.15, -0.1) is 0 Å². The molecule has 26 heavy (non-hydrogen) atoms. The quantitative estimate of drug-likeness (QED) is 0.899. The average molecular weight is 370 g/mol. The topological polar surface area (TPSA) is 66.5 Å². The Balaban J connectivity index is 1.81. The fourth-order valence-electron chi connectivity index (χ4n) is 3.99. The lowest BCUT2D eigenvalue weighted by Gasteiger charge is -2.26. The second-order valence-corrected chi connectivity index (χ2v) is 8.89. The predicted molar refractivity (Wildman–Crippen MR) is 102 cm³/mol. The van der Waals surface area contributed by atoms with Gasteiger partial charge in [0.15, 0.2) is 0 Å². The summed E-state index contributed by atoms with van der Waals surface area (Å²) >= 11 is 0. The normalized spacial score (nSPS) is 18.8. The molecule has 1 atom stereocenters. The van der Waals surface area contributed by atoms with E-state index in [4.69, 9.17) is 0 Å². The van der Waals surface area contributed by atoms with Crippen LogP contribution in [-0.4, -0.2) is 20.9 Å². The predicted octanol–water partition coefficient (Wildman–Crippen LogP) is 3.50. The number of rotatable bonds is 3. The average Bonchev–Trinajstić information content (AvgIpc) is 2.85. The van der Waals surface area contributed by atoms with E-state index in [1.165, 1.54) is 0 Å². The van der Waals surface area contributed by atoms with E-state index in [0.717, 1.165) is 47.3 Å². The third-order valence-electron chi connectivity index (χ3n) is 5.42. The Morgan fingerprint density at radius 1 is 1.15 bits per heavy atom. The monoisotopic (exact) mass is 370 g/mol. The van der Waals surface area contributed by atoms with Gasteiger partial charge in [0.05, 0.1) is 22.2 Å². The number of carbonyl (C=O) groups excluding carboxylic acids is 1. The van der Waals surface area contributed by atoms with Crippen molar-refractivity contribution in [3.8, 4) is 0 Å². The number of benzene rings is 2. The van der Waals surface area contributed by atoms with Gasteiger partial charge < -0.3 is 4.90 Å². The van der Waals surface area contributed by atoms with Crippen LogP contribution in [0.25, 0.3) is 0 Å². The van der Waals surface area contributed by atoms with Crippen molar-refractivity contribution < 1.29 is 13.2 Å². The molecule has 0 bridgehead atoms. The molecule has 0 spiro atoms. The Hall–Kier alpha value is -2.34. The highest BCUT2D eigenvalue weighted by Gasteiger charge is 2.38. The Morgan fingerprint density at radius 2 is 1.85 bits per heavy atom. The van der Waals surface area contributed by atoms with Gasteiger partial charge >= 0.3 is 0 Å². The van der Waals surface area contributed by atoms with E-state index in [-0.39, 0.29) is 16.7 Å². The molecule has 4 rings (SSSR count). The molecule has 2 aromatic carbocycles. The number of sulfonamides is 1. The molecule has 2 aromatic rings. The van der Waals surface area contributed by atoms with E-state index < -0.39 is 10.0 Å². The summed E-state index contributed by atoms with van der Waals surface area (Å²) < 4.78 is 28.8. The molecule has 1 amide bonds. The van der Waals surface area contributed by atoms with Gasteiger partial charge in [0.1, 0.15) is 0 Å². The Morgan fingerprint density at radius 3 is 2.54 bits per heavy atom. The van der Waals surface area contributed by atoms with E-state index in [1.807, 2.05) is 43.9 Å². The third-order valence-corrected chi connectivity index (χ3v) is 6.75. The van der Waals surface area contributed by atoms with Crippen molar-refractivity contribution in [2.45, 2.75) is 44.4 Å². The molecule has 1 N–H and O–H groups in total. The molecule has 0 fully saturated rings. The first-order valence-corrected chi connectivity index (χ1v) is 10.3. The largest absolute Gasteiger partial charge is 0.311 e. The highest BCUT2D eigenvalue weighted by Crippen LogP contribution is 2.44. The summed E-state index contributed by atoms with van der Waals surface area (Å²) in [6, 6.07) is 9.07. The molecule has 5 nitrogen and oxygen atoms in total. The van der Waals surface area contributed by atoms with E-state index >= 15 is 0 Å². The maximum absolute atomic E-state index is 13.1. The van der Waals surface area contributed by atoms with E-state index in [1.54, 1.807) is 12.1 Å². The first kappa shape index (κ1) is 17.1. The minimum absolute atomic E-state index is 0.0678. The van der Waals surface area contributed by atoms with Crippen LogP contribution in [0.2, 0.25) is 0 Å². The molecular weight excluding hydrogens is 348 g/mol. The summed E-state index contributed by atoms with van der Waals surface area (Å²) in [6.07, 6.45) is 1.66. The van der Waals surface area contributed by atoms with Crippen molar-refractivity contribution in [3.63, 3.8) is 0 Å². The van der Waals surface area contributed by atoms with Crippen LogP contribution in [0.5, 0.6) is 0 Å². The Bertz CT molecular complexity index is 1010. The van der Waals surface area contributed by atoms with Gasteiger partial charge in [-0.25, -0.2) is 8.42 Å². The minimum Gasteiger partial charge on any atom is -0.311 e. The molecule has 0 saturated carbocycles. The molecule has 1 unspecified atom stereocenters. The van der Waals surface area contributed by atoms with Crippen molar-refractivity contribution in [2.24, 2.45) is 0 Å². The molecular formula is C20H22N2O3S. The van der Waals surface area contributed by atoms with Crippen LogP contribution in [0.3, 0.4) is 0 Å². The number of para-hydroxylation sites is 1. The van der Waals surface area contributed by atoms with Crippen LogP contribution in [-0.2, 0) is 21.2 Å². The maximum Gasteiger partial charge on any atom is 0.261 e. The fraction of sp³-hybridized carbons (Fsp3) is 0.350. The lowest BCUT2D eigenvalue weighted by atomic mass is 9.97. The summed E-state index contributed by atoms with van der Waals surface area (Å²) in [5.74, 6) is -0.226. The zero-order valence-corrected chi connectivity index (χ0v) is 16.0. The molecule has 0 aliphatic carbocycles. The van der Waals surface area contributed by atoms with Crippen molar-refractivity contribution in [1.29, 1.82) is 0 Å². The van der Waals surface area contributed by atoms with Gasteiger partial charge in [0, 0.05) is 6.54 Å². The summed E-state index contributed by atoms with van der Waals surface area (Å²) in [4.78, 5) is 14.5. The lowest BCUT2D eigenvalue weighted by molar-refractivity contribution is -0.119. The van der Waals surface area contributed by atoms with Gasteiger partial charge in [-0.2, -0.15) is 0 Å². The van der Waals surface area contributed by atoms with Crippen LogP contribution in [0, 0.1) is 13.8 Å². The zero-order chi connectivity index (χ0) is 18.6. The van der Waals surface area contributed by atoms with Gasteiger partial charge in [0.2, 0.25) is 5.91 Å². The molecule has 2 aliphatic rings. The van der Waals surface area contributed by atoms with Crippen molar-refractivity contribution >= 4 is 27.3 Å². The summed E-state index contributed by atoms with van der Waals surface area (Å²) in [5.41, 5.74) is 5.09. The van der Waals surface area contributed by atoms with E-state index in [9.17, 15) is 13.2 Å². The Labute approximate surface area is 154 Å². The molecule has 0 radical (unpaired) electrons. The van der Waals surface area contributed by atoms with Gasteiger partial charge in [-0.1, -0.05) is 18.2 Å². The first-order chi connectivity index (χ1) is 12.3. The lowest BCUT2D eigenvalue weighted by Crippen LogP contribution is -2.32. The smallest absolute Gasteiger partial charge is 0.261 e. The van der Waals surface area contributed by atoms with Gasteiger partial charge in [0.25, 0.3) is 10.0 Å². The molecule has 2 aliphatic heterocycles. The number of anilines is 2. The second kappa shape index (κ2) is 5.84. The van der Waals surface area contributed by atoms with Crippen LogP contribution in [0.1, 0.15) is 41.5 Å². The van der Waals surface area contributed by atoms with Gasteiger partial charge in [-0.3, -0.25) is 9.52 Å². The first-order valence-electron chi connectivity index (χ1n) is 8.87. The highest BCUT2D eigenvalue weighted by molar-refractivity contribution is 7.92. The summed E-state index contributed by atoms with van der Waals surface area (Å²) in [6.45, 7) is 6.34. The number of aryl methyl sites for hydroxylation is 3. The summed E-state index contributed by atoms with van der Waals surface area (Å²) in [7, 11) is -3.73. The number of hydrogen-bond acceptors (Lipinski definition) is 3. The molecule has 2 heterocycles. The maximum atomic E-state index is 13.1. The van der Waals surface area contributed by atoms with Crippen LogP contribution in [0.4, 0.5) is 11.4 Å². The zero-order valence-electron chi connectivity index (χ0n) is 15.2. The van der Waals surface area contributed by atoms with Gasteiger partial charge in [-0.05, 0) is 68.0 Å². The molecule has 0 aromatic heterocycles. The number of nitrogens with one attached hydrogen (secondary N) is 1. The third kappa shape index (κ3) is 2.51. The molecule has 6 heteroatoms. The van der Waals surface area contributed by atoms with Crippen LogP contribution >= 0.6 is 0 Å². The van der Waals surface area contributed by atoms with Crippen molar-refractivity contribution in [2.75, 3.05) is 16.2 Å². The van der Waals surface area contributed by atoms with Crippen molar-refractivity contribution in [3.05, 3.63) is 52.6 Å². The summed E-state index contributed by atoms with van der Waals surface area (Å²) in [5, 5.41) is 0. The minimum atomic E-state index is -3.73. The number of carbonyl (C=O) groups is 1. The Kier molecular flexibility index (Phi) is 3.84. The fourth-order valence-corrected chi connectivity index (χ4v) is 5.28. The van der Waals surface area contributed by atoms with Crippen molar-refractivity contribution in [1.82, 2.24) is 0 Å². The molecule has 136 valence electrons. The number of amides is 1. The molecule has 0 saturated heterocycles.